The standard InChI is InChI=1S/C39H39F2N9O6S/c1-3-35-44-19-24(20-45-35)23-9-12-36(46-18-23)57(54,55)48-32-17-30(40)29(16-31(32)41)37(51)47-33(39(53)56-27-7-5-4-6-8-27)15-25-10-11-26(21-43-25)50-38(52)28-13-14-42-22-34(28)49(50)2/h9-14,16-21,27,33,42,48H,3-8,15,22H2,1-2H3,(H,47,51)/t33-/m0/s1. The maximum absolute atomic E-state index is 15.5. The lowest BCUT2D eigenvalue weighted by molar-refractivity contribution is -0.152. The van der Waals surface area contributed by atoms with Gasteiger partial charge in [0.1, 0.15) is 29.6 Å². The number of esters is 1. The summed E-state index contributed by atoms with van der Waals surface area (Å²) in [5, 5.41) is 5.08. The molecule has 1 amide bonds. The second kappa shape index (κ2) is 16.4. The molecule has 0 unspecified atom stereocenters. The smallest absolute Gasteiger partial charge is 0.329 e. The first-order valence-corrected chi connectivity index (χ1v) is 19.9. The lowest BCUT2D eigenvalue weighted by Crippen LogP contribution is -2.45. The summed E-state index contributed by atoms with van der Waals surface area (Å²) in [5.74, 6) is -3.78. The van der Waals surface area contributed by atoms with Crippen LogP contribution in [0.4, 0.5) is 14.5 Å². The summed E-state index contributed by atoms with van der Waals surface area (Å²) >= 11 is 0. The van der Waals surface area contributed by atoms with Crippen LogP contribution in [0.25, 0.3) is 22.9 Å². The lowest BCUT2D eigenvalue weighted by atomic mass is 9.97. The minimum Gasteiger partial charge on any atom is -0.461 e. The topological polar surface area (TPSA) is 192 Å². The van der Waals surface area contributed by atoms with E-state index in [1.807, 2.05) is 11.6 Å². The minimum absolute atomic E-state index is 0.173. The number of pyridine rings is 2. The molecule has 1 aromatic carbocycles. The SMILES string of the molecule is CCc1ncc(-c2ccc(S(=O)(=O)Nc3cc(F)c(C(=O)N[C@@H](Cc4ccc(-n5c(=O)c6c(n5C)CNC=C6)cn4)C(=O)OC4CCCCC4)cc3F)nc2)cn1. The highest BCUT2D eigenvalue weighted by molar-refractivity contribution is 7.92. The van der Waals surface area contributed by atoms with E-state index in [1.165, 1.54) is 29.2 Å². The van der Waals surface area contributed by atoms with E-state index in [-0.39, 0.29) is 18.1 Å². The molecular weight excluding hydrogens is 761 g/mol. The zero-order chi connectivity index (χ0) is 40.3. The second-order valence-electron chi connectivity index (χ2n) is 13.7. The van der Waals surface area contributed by atoms with Gasteiger partial charge >= 0.3 is 5.97 Å². The number of fused-ring (bicyclic) bond motifs is 1. The van der Waals surface area contributed by atoms with Gasteiger partial charge in [-0.1, -0.05) is 13.3 Å². The van der Waals surface area contributed by atoms with Crippen molar-refractivity contribution >= 4 is 33.7 Å². The number of hydrogen-bond donors (Lipinski definition) is 3. The van der Waals surface area contributed by atoms with E-state index in [0.717, 1.165) is 25.0 Å². The maximum Gasteiger partial charge on any atom is 0.329 e. The van der Waals surface area contributed by atoms with E-state index >= 15 is 8.78 Å². The summed E-state index contributed by atoms with van der Waals surface area (Å²) in [7, 11) is -2.74. The van der Waals surface area contributed by atoms with Crippen LogP contribution in [0.5, 0.6) is 0 Å². The first-order chi connectivity index (χ1) is 27.4. The molecule has 3 N–H and O–H groups in total. The molecule has 1 atom stereocenters. The normalized spacial score (nSPS) is 14.7. The number of nitrogens with zero attached hydrogens (tertiary/aromatic N) is 6. The summed E-state index contributed by atoms with van der Waals surface area (Å²) < 4.78 is 68.0. The number of sulfonamides is 1. The molecule has 0 saturated heterocycles. The number of hydrogen-bond acceptors (Lipinski definition) is 11. The molecule has 2 aliphatic rings. The van der Waals surface area contributed by atoms with Crippen molar-refractivity contribution in [1.82, 2.24) is 39.9 Å². The molecule has 0 radical (unpaired) electrons. The quantitative estimate of drug-likeness (QED) is 0.152. The lowest BCUT2D eigenvalue weighted by Gasteiger charge is -2.25. The van der Waals surface area contributed by atoms with E-state index in [4.69, 9.17) is 4.74 Å². The number of amides is 1. The number of nitrogens with one attached hydrogen (secondary N) is 3. The number of rotatable bonds is 12. The molecule has 18 heteroatoms. The van der Waals surface area contributed by atoms with E-state index in [9.17, 15) is 22.8 Å². The van der Waals surface area contributed by atoms with Gasteiger partial charge in [-0.2, -0.15) is 8.42 Å². The van der Waals surface area contributed by atoms with E-state index in [2.05, 4.69) is 30.6 Å². The highest BCUT2D eigenvalue weighted by Gasteiger charge is 2.30. The molecule has 1 fully saturated rings. The van der Waals surface area contributed by atoms with Crippen LogP contribution in [-0.2, 0) is 46.0 Å². The van der Waals surface area contributed by atoms with Crippen LogP contribution >= 0.6 is 0 Å². The Morgan fingerprint density at radius 2 is 1.72 bits per heavy atom. The predicted octanol–water partition coefficient (Wildman–Crippen LogP) is 4.36. The van der Waals surface area contributed by atoms with Crippen LogP contribution < -0.4 is 20.9 Å². The van der Waals surface area contributed by atoms with Crippen molar-refractivity contribution in [2.75, 3.05) is 4.72 Å². The van der Waals surface area contributed by atoms with Gasteiger partial charge in [0.05, 0.1) is 40.9 Å². The number of aromatic nitrogens is 6. The Labute approximate surface area is 326 Å². The second-order valence-corrected chi connectivity index (χ2v) is 15.3. The van der Waals surface area contributed by atoms with Crippen LogP contribution in [0.2, 0.25) is 0 Å². The van der Waals surface area contributed by atoms with Crippen LogP contribution in [-0.4, -0.2) is 61.7 Å². The number of carbonyl (C=O) groups excluding carboxylic acids is 2. The molecule has 4 aromatic heterocycles. The number of anilines is 1. The average molecular weight is 800 g/mol. The molecule has 5 aromatic rings. The van der Waals surface area contributed by atoms with Gasteiger partial charge in [0.25, 0.3) is 21.5 Å². The minimum atomic E-state index is -4.49. The molecule has 0 spiro atoms. The van der Waals surface area contributed by atoms with Crippen LogP contribution in [0.1, 0.15) is 72.2 Å². The zero-order valence-electron chi connectivity index (χ0n) is 31.0. The Bertz CT molecular complexity index is 2500. The summed E-state index contributed by atoms with van der Waals surface area (Å²) in [5.41, 5.74) is 1.53. The fourth-order valence-corrected chi connectivity index (χ4v) is 7.75. The fraction of sp³-hybridized carbons (Fsp3) is 0.308. The molecule has 1 saturated carbocycles. The summed E-state index contributed by atoms with van der Waals surface area (Å²) in [6, 6.07) is 5.63. The summed E-state index contributed by atoms with van der Waals surface area (Å²) in [4.78, 5) is 57.0. The van der Waals surface area contributed by atoms with Crippen molar-refractivity contribution in [2.24, 2.45) is 7.05 Å². The van der Waals surface area contributed by atoms with Gasteiger partial charge < -0.3 is 15.4 Å². The maximum atomic E-state index is 15.5. The Balaban J connectivity index is 1.08. The number of benzene rings is 1. The Morgan fingerprint density at radius 3 is 2.39 bits per heavy atom. The van der Waals surface area contributed by atoms with Crippen molar-refractivity contribution in [3.8, 4) is 16.8 Å². The van der Waals surface area contributed by atoms with Crippen molar-refractivity contribution in [3.63, 3.8) is 0 Å². The van der Waals surface area contributed by atoms with Gasteiger partial charge in [0.15, 0.2) is 5.03 Å². The third-order valence-electron chi connectivity index (χ3n) is 9.87. The average Bonchev–Trinajstić information content (AvgIpc) is 3.48. The molecule has 1 aliphatic carbocycles. The number of halogens is 2. The largest absolute Gasteiger partial charge is 0.461 e. The van der Waals surface area contributed by atoms with E-state index in [0.29, 0.717) is 71.8 Å². The van der Waals surface area contributed by atoms with Crippen LogP contribution in [0.15, 0.2) is 77.2 Å². The van der Waals surface area contributed by atoms with Crippen molar-refractivity contribution in [2.45, 2.75) is 75.6 Å². The number of carbonyl (C=O) groups is 2. The van der Waals surface area contributed by atoms with Crippen LogP contribution in [0, 0.1) is 11.6 Å². The predicted molar refractivity (Wildman–Crippen MR) is 204 cm³/mol. The van der Waals surface area contributed by atoms with Crippen LogP contribution in [0.3, 0.4) is 0 Å². The molecule has 1 aliphatic heterocycles. The molecular formula is C39H39F2N9O6S. The molecule has 5 heterocycles. The fourth-order valence-electron chi connectivity index (χ4n) is 6.76. The van der Waals surface area contributed by atoms with Gasteiger partial charge in [-0.15, -0.1) is 0 Å². The van der Waals surface area contributed by atoms with E-state index < -0.39 is 55.9 Å². The third-order valence-corrected chi connectivity index (χ3v) is 11.1. The van der Waals surface area contributed by atoms with E-state index in [1.54, 1.807) is 48.5 Å². The molecule has 0 bridgehead atoms. The third kappa shape index (κ3) is 8.45. The van der Waals surface area contributed by atoms with Crippen molar-refractivity contribution in [1.29, 1.82) is 0 Å². The van der Waals surface area contributed by atoms with Gasteiger partial charge in [0, 0.05) is 61.4 Å². The zero-order valence-corrected chi connectivity index (χ0v) is 31.9. The molecule has 7 rings (SSSR count). The Hall–Kier alpha value is -6.30. The monoisotopic (exact) mass is 799 g/mol. The first-order valence-electron chi connectivity index (χ1n) is 18.4. The highest BCUT2D eigenvalue weighted by atomic mass is 32.2. The summed E-state index contributed by atoms with van der Waals surface area (Å²) in [6.07, 6.45) is 13.5. The molecule has 57 heavy (non-hydrogen) atoms. The highest BCUT2D eigenvalue weighted by Crippen LogP contribution is 2.25. The number of ether oxygens (including phenoxy) is 1. The number of aryl methyl sites for hydroxylation is 1. The summed E-state index contributed by atoms with van der Waals surface area (Å²) in [6.45, 7) is 2.38. The molecule has 296 valence electrons. The van der Waals surface area contributed by atoms with Gasteiger partial charge in [-0.3, -0.25) is 24.0 Å². The van der Waals surface area contributed by atoms with Gasteiger partial charge in [-0.05, 0) is 68.3 Å². The van der Waals surface area contributed by atoms with Crippen molar-refractivity contribution < 1.29 is 31.5 Å². The molecule has 15 nitrogen and oxygen atoms in total. The van der Waals surface area contributed by atoms with Gasteiger partial charge in [0.2, 0.25) is 0 Å². The Morgan fingerprint density at radius 1 is 0.965 bits per heavy atom. The first kappa shape index (κ1) is 39.0. The Kier molecular flexibility index (Phi) is 11.2. The van der Waals surface area contributed by atoms with Gasteiger partial charge in [-0.25, -0.2) is 33.2 Å². The van der Waals surface area contributed by atoms with Crippen molar-refractivity contribution in [3.05, 3.63) is 118 Å².